The third kappa shape index (κ3) is 3.56. The first-order valence-electron chi connectivity index (χ1n) is 5.58. The number of hydrogen-bond acceptors (Lipinski definition) is 4. The molecule has 0 saturated heterocycles. The van der Waals surface area contributed by atoms with Gasteiger partial charge in [-0.15, -0.1) is 11.6 Å². The van der Waals surface area contributed by atoms with E-state index in [4.69, 9.17) is 16.1 Å². The van der Waals surface area contributed by atoms with Gasteiger partial charge in [0.2, 0.25) is 10.0 Å². The van der Waals surface area contributed by atoms with Gasteiger partial charge in [-0.3, -0.25) is 0 Å². The zero-order chi connectivity index (χ0) is 13.9. The minimum absolute atomic E-state index is 0.0638. The molecule has 1 aromatic heterocycles. The van der Waals surface area contributed by atoms with Crippen LogP contribution in [0.3, 0.4) is 0 Å². The van der Waals surface area contributed by atoms with Gasteiger partial charge in [0.25, 0.3) is 0 Å². The van der Waals surface area contributed by atoms with Gasteiger partial charge in [-0.25, -0.2) is 13.1 Å². The molecule has 19 heavy (non-hydrogen) atoms. The lowest BCUT2D eigenvalue weighted by atomic mass is 10.2. The van der Waals surface area contributed by atoms with Crippen molar-refractivity contribution in [3.05, 3.63) is 47.3 Å². The predicted molar refractivity (Wildman–Crippen MR) is 71.3 cm³/mol. The quantitative estimate of drug-likeness (QED) is 0.859. The summed E-state index contributed by atoms with van der Waals surface area (Å²) in [6, 6.07) is 8.17. The van der Waals surface area contributed by atoms with E-state index in [-0.39, 0.29) is 17.3 Å². The first-order valence-corrected chi connectivity index (χ1v) is 7.60. The van der Waals surface area contributed by atoms with Crippen LogP contribution < -0.4 is 4.72 Å². The number of sulfonamides is 1. The van der Waals surface area contributed by atoms with Crippen molar-refractivity contribution in [2.24, 2.45) is 0 Å². The summed E-state index contributed by atoms with van der Waals surface area (Å²) in [6.45, 7) is 1.83. The summed E-state index contributed by atoms with van der Waals surface area (Å²) in [4.78, 5) is 0.182. The van der Waals surface area contributed by atoms with Crippen molar-refractivity contribution in [1.82, 2.24) is 9.88 Å². The molecule has 0 spiro atoms. The Labute approximate surface area is 116 Å². The average Bonchev–Trinajstić information content (AvgIpc) is 2.82. The number of nitrogens with one attached hydrogen (secondary N) is 1. The smallest absolute Gasteiger partial charge is 0.240 e. The average molecular weight is 301 g/mol. The summed E-state index contributed by atoms with van der Waals surface area (Å²) in [7, 11) is -3.58. The third-order valence-electron chi connectivity index (χ3n) is 2.48. The summed E-state index contributed by atoms with van der Waals surface area (Å²) in [5.74, 6) is 0.736. The molecule has 0 aliphatic rings. The Hall–Kier alpha value is -1.37. The van der Waals surface area contributed by atoms with Crippen LogP contribution in [0, 0.1) is 6.92 Å². The third-order valence-corrected chi connectivity index (χ3v) is 4.18. The highest BCUT2D eigenvalue weighted by Gasteiger charge is 2.15. The van der Waals surface area contributed by atoms with Crippen molar-refractivity contribution in [1.29, 1.82) is 0 Å². The fourth-order valence-corrected chi connectivity index (χ4v) is 2.77. The van der Waals surface area contributed by atoms with Crippen molar-refractivity contribution in [3.63, 3.8) is 0 Å². The number of alkyl halides is 1. The van der Waals surface area contributed by atoms with E-state index in [2.05, 4.69) is 9.88 Å². The van der Waals surface area contributed by atoms with Crippen LogP contribution in [-0.4, -0.2) is 13.6 Å². The van der Waals surface area contributed by atoms with Crippen molar-refractivity contribution >= 4 is 21.6 Å². The monoisotopic (exact) mass is 300 g/mol. The summed E-state index contributed by atoms with van der Waals surface area (Å²) in [5, 5.41) is 3.69. The van der Waals surface area contributed by atoms with Gasteiger partial charge in [0, 0.05) is 11.9 Å². The molecule has 1 aromatic carbocycles. The number of hydrogen-bond donors (Lipinski definition) is 1. The van der Waals surface area contributed by atoms with Gasteiger partial charge in [-0.05, 0) is 24.6 Å². The minimum Gasteiger partial charge on any atom is -0.360 e. The maximum atomic E-state index is 12.1. The Morgan fingerprint density at radius 3 is 2.79 bits per heavy atom. The first kappa shape index (κ1) is 14.0. The molecule has 2 rings (SSSR count). The maximum Gasteiger partial charge on any atom is 0.240 e. The summed E-state index contributed by atoms with van der Waals surface area (Å²) in [6.07, 6.45) is 0. The minimum atomic E-state index is -3.58. The number of nitrogens with zero attached hydrogens (tertiary/aromatic N) is 1. The first-order chi connectivity index (χ1) is 9.01. The summed E-state index contributed by atoms with van der Waals surface area (Å²) < 4.78 is 31.5. The van der Waals surface area contributed by atoms with E-state index < -0.39 is 10.0 Å². The number of aromatic nitrogens is 1. The van der Waals surface area contributed by atoms with E-state index in [1.165, 1.54) is 6.07 Å². The van der Waals surface area contributed by atoms with Crippen molar-refractivity contribution in [3.8, 4) is 0 Å². The molecule has 5 nitrogen and oxygen atoms in total. The van der Waals surface area contributed by atoms with Crippen molar-refractivity contribution in [2.45, 2.75) is 24.2 Å². The molecule has 1 heterocycles. The second-order valence-electron chi connectivity index (χ2n) is 4.04. The molecular weight excluding hydrogens is 288 g/mol. The lowest BCUT2D eigenvalue weighted by Gasteiger charge is -2.06. The van der Waals surface area contributed by atoms with Gasteiger partial charge >= 0.3 is 0 Å². The molecule has 102 valence electrons. The Kier molecular flexibility index (Phi) is 4.24. The van der Waals surface area contributed by atoms with Gasteiger partial charge in [-0.1, -0.05) is 17.3 Å². The van der Waals surface area contributed by atoms with Crippen LogP contribution in [-0.2, 0) is 22.4 Å². The SMILES string of the molecule is Cc1cc(CNS(=O)(=O)c2cccc(CCl)c2)on1. The molecule has 0 bridgehead atoms. The molecule has 0 saturated carbocycles. The van der Waals surface area contributed by atoms with E-state index >= 15 is 0 Å². The molecule has 0 radical (unpaired) electrons. The van der Waals surface area contributed by atoms with Gasteiger partial charge in [-0.2, -0.15) is 0 Å². The molecule has 0 amide bonds. The molecule has 1 N–H and O–H groups in total. The number of halogens is 1. The summed E-state index contributed by atoms with van der Waals surface area (Å²) in [5.41, 5.74) is 1.46. The van der Waals surface area contributed by atoms with Crippen LogP contribution in [0.1, 0.15) is 17.0 Å². The molecule has 0 unspecified atom stereocenters. The predicted octanol–water partition coefficient (Wildman–Crippen LogP) is 2.20. The molecule has 2 aromatic rings. The van der Waals surface area contributed by atoms with Crippen LogP contribution in [0.15, 0.2) is 39.8 Å². The van der Waals surface area contributed by atoms with E-state index in [0.29, 0.717) is 11.5 Å². The highest BCUT2D eigenvalue weighted by molar-refractivity contribution is 7.89. The van der Waals surface area contributed by atoms with Gasteiger partial charge < -0.3 is 4.52 Å². The zero-order valence-corrected chi connectivity index (χ0v) is 11.8. The van der Waals surface area contributed by atoms with Crippen LogP contribution in [0.25, 0.3) is 0 Å². The molecular formula is C12H13ClN2O3S. The molecule has 0 fully saturated rings. The Balaban J connectivity index is 2.13. The second kappa shape index (κ2) is 5.73. The zero-order valence-electron chi connectivity index (χ0n) is 10.3. The number of benzene rings is 1. The fourth-order valence-electron chi connectivity index (χ4n) is 1.54. The summed E-state index contributed by atoms with van der Waals surface area (Å²) >= 11 is 5.69. The van der Waals surface area contributed by atoms with Gasteiger partial charge in [0.1, 0.15) is 0 Å². The molecule has 0 aliphatic carbocycles. The molecule has 7 heteroatoms. The van der Waals surface area contributed by atoms with E-state index in [1.54, 1.807) is 31.2 Å². The Bertz CT molecular complexity index is 667. The van der Waals surface area contributed by atoms with E-state index in [9.17, 15) is 8.42 Å². The lowest BCUT2D eigenvalue weighted by molar-refractivity contribution is 0.377. The van der Waals surface area contributed by atoms with E-state index in [1.807, 2.05) is 0 Å². The highest BCUT2D eigenvalue weighted by atomic mass is 35.5. The van der Waals surface area contributed by atoms with Gasteiger partial charge in [0.15, 0.2) is 5.76 Å². The Morgan fingerprint density at radius 2 is 2.16 bits per heavy atom. The van der Waals surface area contributed by atoms with Crippen LogP contribution in [0.2, 0.25) is 0 Å². The number of aryl methyl sites for hydroxylation is 1. The Morgan fingerprint density at radius 1 is 1.37 bits per heavy atom. The number of rotatable bonds is 5. The normalized spacial score (nSPS) is 11.7. The second-order valence-corrected chi connectivity index (χ2v) is 6.07. The van der Waals surface area contributed by atoms with Crippen molar-refractivity contribution in [2.75, 3.05) is 0 Å². The van der Waals surface area contributed by atoms with Gasteiger partial charge in [0.05, 0.1) is 17.1 Å². The van der Waals surface area contributed by atoms with Crippen molar-refractivity contribution < 1.29 is 12.9 Å². The standard InChI is InChI=1S/C12H13ClN2O3S/c1-9-5-11(18-15-9)8-14-19(16,17)12-4-2-3-10(6-12)7-13/h2-6,14H,7-8H2,1H3. The lowest BCUT2D eigenvalue weighted by Crippen LogP contribution is -2.23. The highest BCUT2D eigenvalue weighted by Crippen LogP contribution is 2.13. The maximum absolute atomic E-state index is 12.1. The van der Waals surface area contributed by atoms with Crippen LogP contribution in [0.4, 0.5) is 0 Å². The van der Waals surface area contributed by atoms with Crippen LogP contribution >= 0.6 is 11.6 Å². The molecule has 0 atom stereocenters. The fraction of sp³-hybridized carbons (Fsp3) is 0.250. The molecule has 0 aliphatic heterocycles. The topological polar surface area (TPSA) is 72.2 Å². The van der Waals surface area contributed by atoms with E-state index in [0.717, 1.165) is 5.56 Å². The van der Waals surface area contributed by atoms with Crippen LogP contribution in [0.5, 0.6) is 0 Å². The largest absolute Gasteiger partial charge is 0.360 e.